The first kappa shape index (κ1) is 18.5. The standard InChI is InChI=1S/C18H17F2N5O2S/c19-11-5-4-6-12(20)16(11)13-10-28-17(21-13)22-15(26)9-25-18(27)24-8-3-1-2-7-14(24)23-25/h4-6,10H,1-3,7-9H2,(H,21,22,26). The lowest BCUT2D eigenvalue weighted by Gasteiger charge is -2.02. The van der Waals surface area contributed by atoms with Crippen LogP contribution in [0.15, 0.2) is 28.4 Å². The molecule has 10 heteroatoms. The van der Waals surface area contributed by atoms with E-state index in [0.29, 0.717) is 18.8 Å². The van der Waals surface area contributed by atoms with Gasteiger partial charge >= 0.3 is 5.69 Å². The molecule has 0 aliphatic carbocycles. The number of benzene rings is 1. The second-order valence-electron chi connectivity index (χ2n) is 6.50. The van der Waals surface area contributed by atoms with Gasteiger partial charge in [0.25, 0.3) is 0 Å². The summed E-state index contributed by atoms with van der Waals surface area (Å²) in [5, 5.41) is 8.46. The minimum atomic E-state index is -0.728. The molecular formula is C18H17F2N5O2S. The molecule has 1 aromatic carbocycles. The molecular weight excluding hydrogens is 388 g/mol. The Kier molecular flexibility index (Phi) is 5.03. The summed E-state index contributed by atoms with van der Waals surface area (Å²) < 4.78 is 30.5. The van der Waals surface area contributed by atoms with Gasteiger partial charge in [0.15, 0.2) is 5.13 Å². The number of carbonyl (C=O) groups excluding carboxylic acids is 1. The van der Waals surface area contributed by atoms with Crippen molar-refractivity contribution >= 4 is 22.4 Å². The Morgan fingerprint density at radius 3 is 2.79 bits per heavy atom. The zero-order valence-corrected chi connectivity index (χ0v) is 15.6. The number of fused-ring (bicyclic) bond motifs is 1. The van der Waals surface area contributed by atoms with Crippen LogP contribution in [-0.2, 0) is 24.3 Å². The summed E-state index contributed by atoms with van der Waals surface area (Å²) in [6.07, 6.45) is 3.66. The highest BCUT2D eigenvalue weighted by Crippen LogP contribution is 2.29. The molecule has 1 aliphatic rings. The number of carbonyl (C=O) groups is 1. The number of thiazole rings is 1. The van der Waals surface area contributed by atoms with Crippen molar-refractivity contribution in [3.05, 3.63) is 51.5 Å². The number of aromatic nitrogens is 4. The van der Waals surface area contributed by atoms with Crippen LogP contribution in [0.2, 0.25) is 0 Å². The second-order valence-corrected chi connectivity index (χ2v) is 7.36. The third-order valence-electron chi connectivity index (χ3n) is 4.54. The molecule has 0 bridgehead atoms. The number of anilines is 1. The van der Waals surface area contributed by atoms with E-state index in [2.05, 4.69) is 15.4 Å². The van der Waals surface area contributed by atoms with E-state index in [1.165, 1.54) is 11.4 Å². The molecule has 3 heterocycles. The third kappa shape index (κ3) is 3.59. The first-order valence-electron chi connectivity index (χ1n) is 8.89. The predicted octanol–water partition coefficient (Wildman–Crippen LogP) is 2.81. The highest BCUT2D eigenvalue weighted by Gasteiger charge is 2.19. The van der Waals surface area contributed by atoms with E-state index in [1.807, 2.05) is 0 Å². The Morgan fingerprint density at radius 1 is 1.21 bits per heavy atom. The molecule has 146 valence electrons. The molecule has 0 saturated heterocycles. The number of rotatable bonds is 4. The molecule has 7 nitrogen and oxygen atoms in total. The monoisotopic (exact) mass is 405 g/mol. The van der Waals surface area contributed by atoms with Crippen LogP contribution >= 0.6 is 11.3 Å². The van der Waals surface area contributed by atoms with E-state index in [-0.39, 0.29) is 28.6 Å². The molecule has 1 N–H and O–H groups in total. The van der Waals surface area contributed by atoms with Crippen LogP contribution < -0.4 is 11.0 Å². The Hall–Kier alpha value is -2.88. The number of hydrogen-bond donors (Lipinski definition) is 1. The minimum absolute atomic E-state index is 0.0989. The Labute approximate surface area is 162 Å². The summed E-state index contributed by atoms with van der Waals surface area (Å²) in [5.41, 5.74) is -0.449. The average molecular weight is 405 g/mol. The molecule has 2 aromatic heterocycles. The largest absolute Gasteiger partial charge is 0.346 e. The second kappa shape index (κ2) is 7.63. The van der Waals surface area contributed by atoms with Gasteiger partial charge < -0.3 is 5.32 Å². The zero-order chi connectivity index (χ0) is 19.7. The quantitative estimate of drug-likeness (QED) is 0.724. The molecule has 0 fully saturated rings. The van der Waals surface area contributed by atoms with E-state index in [0.717, 1.165) is 47.4 Å². The lowest BCUT2D eigenvalue weighted by atomic mass is 10.1. The topological polar surface area (TPSA) is 81.8 Å². The minimum Gasteiger partial charge on any atom is -0.300 e. The molecule has 4 rings (SSSR count). The molecule has 28 heavy (non-hydrogen) atoms. The van der Waals surface area contributed by atoms with Crippen LogP contribution in [0.4, 0.5) is 13.9 Å². The summed E-state index contributed by atoms with van der Waals surface area (Å²) in [6, 6.07) is 3.56. The Bertz CT molecular complexity index is 1070. The lowest BCUT2D eigenvalue weighted by molar-refractivity contribution is -0.117. The van der Waals surface area contributed by atoms with Crippen molar-refractivity contribution < 1.29 is 13.6 Å². The van der Waals surface area contributed by atoms with Crippen molar-refractivity contribution in [3.63, 3.8) is 0 Å². The molecule has 0 atom stereocenters. The van der Waals surface area contributed by atoms with Crippen molar-refractivity contribution in [2.45, 2.75) is 38.8 Å². The molecule has 0 saturated carbocycles. The molecule has 0 unspecified atom stereocenters. The van der Waals surface area contributed by atoms with Crippen molar-refractivity contribution in [2.24, 2.45) is 0 Å². The summed E-state index contributed by atoms with van der Waals surface area (Å²) in [4.78, 5) is 28.8. The van der Waals surface area contributed by atoms with Crippen molar-refractivity contribution in [3.8, 4) is 11.3 Å². The number of nitrogens with one attached hydrogen (secondary N) is 1. The van der Waals surface area contributed by atoms with Gasteiger partial charge in [0, 0.05) is 18.3 Å². The van der Waals surface area contributed by atoms with Gasteiger partial charge in [-0.1, -0.05) is 12.5 Å². The third-order valence-corrected chi connectivity index (χ3v) is 5.30. The zero-order valence-electron chi connectivity index (χ0n) is 14.8. The van der Waals surface area contributed by atoms with Crippen molar-refractivity contribution in [1.82, 2.24) is 19.3 Å². The van der Waals surface area contributed by atoms with Gasteiger partial charge in [0.2, 0.25) is 5.91 Å². The Morgan fingerprint density at radius 2 is 2.00 bits per heavy atom. The van der Waals surface area contributed by atoms with Gasteiger partial charge in [0.1, 0.15) is 24.0 Å². The van der Waals surface area contributed by atoms with E-state index in [9.17, 15) is 18.4 Å². The number of hydrogen-bond acceptors (Lipinski definition) is 5. The van der Waals surface area contributed by atoms with Crippen molar-refractivity contribution in [1.29, 1.82) is 0 Å². The normalized spacial score (nSPS) is 13.8. The van der Waals surface area contributed by atoms with Gasteiger partial charge in [-0.3, -0.25) is 9.36 Å². The SMILES string of the molecule is O=C(Cn1nc2n(c1=O)CCCCC2)Nc1nc(-c2c(F)cccc2F)cs1. The van der Waals surface area contributed by atoms with Crippen LogP contribution in [0.1, 0.15) is 25.1 Å². The number of nitrogens with zero attached hydrogens (tertiary/aromatic N) is 4. The maximum atomic E-state index is 13.9. The summed E-state index contributed by atoms with van der Waals surface area (Å²) >= 11 is 1.05. The highest BCUT2D eigenvalue weighted by molar-refractivity contribution is 7.14. The summed E-state index contributed by atoms with van der Waals surface area (Å²) in [6.45, 7) is 0.363. The van der Waals surface area contributed by atoms with Crippen molar-refractivity contribution in [2.75, 3.05) is 5.32 Å². The molecule has 1 amide bonds. The first-order valence-corrected chi connectivity index (χ1v) is 9.77. The van der Waals surface area contributed by atoms with Gasteiger partial charge in [0.05, 0.1) is 11.3 Å². The number of amides is 1. The van der Waals surface area contributed by atoms with Crippen LogP contribution in [0.5, 0.6) is 0 Å². The lowest BCUT2D eigenvalue weighted by Crippen LogP contribution is -2.30. The van der Waals surface area contributed by atoms with Crippen LogP contribution in [-0.4, -0.2) is 25.2 Å². The fraction of sp³-hybridized carbons (Fsp3) is 0.333. The van der Waals surface area contributed by atoms with E-state index in [4.69, 9.17) is 0 Å². The fourth-order valence-electron chi connectivity index (χ4n) is 3.21. The van der Waals surface area contributed by atoms with Gasteiger partial charge in [-0.2, -0.15) is 5.10 Å². The molecule has 0 radical (unpaired) electrons. The van der Waals surface area contributed by atoms with E-state index < -0.39 is 17.5 Å². The molecule has 1 aliphatic heterocycles. The first-order chi connectivity index (χ1) is 13.5. The number of halogens is 2. The molecule has 3 aromatic rings. The van der Waals surface area contributed by atoms with Crippen LogP contribution in [0.3, 0.4) is 0 Å². The van der Waals surface area contributed by atoms with Crippen LogP contribution in [0.25, 0.3) is 11.3 Å². The van der Waals surface area contributed by atoms with Gasteiger partial charge in [-0.15, -0.1) is 11.3 Å². The van der Waals surface area contributed by atoms with Gasteiger partial charge in [-0.05, 0) is 25.0 Å². The van der Waals surface area contributed by atoms with Gasteiger partial charge in [-0.25, -0.2) is 23.2 Å². The predicted molar refractivity (Wildman–Crippen MR) is 100 cm³/mol. The smallest absolute Gasteiger partial charge is 0.300 e. The fourth-order valence-corrected chi connectivity index (χ4v) is 3.93. The maximum Gasteiger partial charge on any atom is 0.346 e. The average Bonchev–Trinajstić information content (AvgIpc) is 3.12. The van der Waals surface area contributed by atoms with E-state index >= 15 is 0 Å². The van der Waals surface area contributed by atoms with E-state index in [1.54, 1.807) is 4.57 Å². The summed E-state index contributed by atoms with van der Waals surface area (Å²) in [5.74, 6) is -1.24. The Balaban J connectivity index is 1.48. The maximum absolute atomic E-state index is 13.9. The number of aryl methyl sites for hydroxylation is 1. The summed E-state index contributed by atoms with van der Waals surface area (Å²) in [7, 11) is 0. The van der Waals surface area contributed by atoms with Crippen LogP contribution in [0, 0.1) is 11.6 Å². The molecule has 0 spiro atoms. The highest BCUT2D eigenvalue weighted by atomic mass is 32.1.